The van der Waals surface area contributed by atoms with Gasteiger partial charge in [0.2, 0.25) is 11.8 Å². The summed E-state index contributed by atoms with van der Waals surface area (Å²) < 4.78 is 28.8. The summed E-state index contributed by atoms with van der Waals surface area (Å²) in [6.45, 7) is 7.06. The lowest BCUT2D eigenvalue weighted by Gasteiger charge is -2.33. The Morgan fingerprint density at radius 1 is 0.900 bits per heavy atom. The van der Waals surface area contributed by atoms with Crippen molar-refractivity contribution in [2.45, 2.75) is 64.1 Å². The molecule has 3 rings (SSSR count). The lowest BCUT2D eigenvalue weighted by molar-refractivity contribution is -0.140. The highest BCUT2D eigenvalue weighted by atomic mass is 35.5. The van der Waals surface area contributed by atoms with E-state index in [2.05, 4.69) is 5.32 Å². The number of aryl methyl sites for hydroxylation is 1. The number of rotatable bonds is 12. The summed E-state index contributed by atoms with van der Waals surface area (Å²) in [5.41, 5.74) is 1.90. The van der Waals surface area contributed by atoms with Gasteiger partial charge in [0.15, 0.2) is 0 Å². The number of nitrogens with zero attached hydrogens (tertiary/aromatic N) is 2. The zero-order valence-corrected chi connectivity index (χ0v) is 25.4. The summed E-state index contributed by atoms with van der Waals surface area (Å²) in [4.78, 5) is 28.9. The normalized spacial score (nSPS) is 12.8. The van der Waals surface area contributed by atoms with E-state index in [1.807, 2.05) is 27.7 Å². The van der Waals surface area contributed by atoms with Crippen LogP contribution in [0.25, 0.3) is 0 Å². The van der Waals surface area contributed by atoms with Crippen LogP contribution >= 0.6 is 23.2 Å². The number of halogens is 2. The number of amides is 2. The van der Waals surface area contributed by atoms with E-state index < -0.39 is 28.5 Å². The van der Waals surface area contributed by atoms with Crippen LogP contribution in [-0.4, -0.2) is 43.8 Å². The molecule has 40 heavy (non-hydrogen) atoms. The third-order valence-corrected chi connectivity index (χ3v) is 9.18. The van der Waals surface area contributed by atoms with Crippen LogP contribution < -0.4 is 9.62 Å². The summed E-state index contributed by atoms with van der Waals surface area (Å²) >= 11 is 12.3. The van der Waals surface area contributed by atoms with Crippen molar-refractivity contribution in [1.29, 1.82) is 0 Å². The third kappa shape index (κ3) is 7.77. The highest BCUT2D eigenvalue weighted by Crippen LogP contribution is 2.27. The maximum absolute atomic E-state index is 14.1. The highest BCUT2D eigenvalue weighted by molar-refractivity contribution is 7.92. The minimum Gasteiger partial charge on any atom is -0.352 e. The number of benzene rings is 3. The number of carbonyl (C=O) groups is 2. The number of hydrogen-bond acceptors (Lipinski definition) is 4. The first-order chi connectivity index (χ1) is 19.0. The van der Waals surface area contributed by atoms with Crippen molar-refractivity contribution in [3.05, 3.63) is 94.0 Å². The van der Waals surface area contributed by atoms with E-state index >= 15 is 0 Å². The van der Waals surface area contributed by atoms with Gasteiger partial charge in [-0.2, -0.15) is 0 Å². The Morgan fingerprint density at radius 3 is 2.12 bits per heavy atom. The molecule has 0 aliphatic heterocycles. The van der Waals surface area contributed by atoms with Gasteiger partial charge in [-0.3, -0.25) is 13.9 Å². The molecule has 0 spiro atoms. The Bertz CT molecular complexity index is 1420. The molecular weight excluding hydrogens is 569 g/mol. The predicted octanol–water partition coefficient (Wildman–Crippen LogP) is 6.22. The Morgan fingerprint density at radius 2 is 1.55 bits per heavy atom. The van der Waals surface area contributed by atoms with Gasteiger partial charge in [0.1, 0.15) is 12.6 Å². The molecule has 2 amide bonds. The van der Waals surface area contributed by atoms with E-state index in [1.165, 1.54) is 17.0 Å². The molecule has 0 saturated heterocycles. The Kier molecular flexibility index (Phi) is 11.0. The quantitative estimate of drug-likeness (QED) is 0.266. The molecule has 1 N–H and O–H groups in total. The standard InChI is InChI=1S/C30H35Cl2N3O4S/c1-5-22(4)33-30(37)28(6-2)34(19-23-14-17-26(31)27(32)18-23)29(36)20-35(24-10-8-7-9-11-24)40(38,39)25-15-12-21(3)13-16-25/h7-18,22,28H,5-6,19-20H2,1-4H3,(H,33,37)/t22-,28+/m1/s1. The van der Waals surface area contributed by atoms with Gasteiger partial charge in [-0.25, -0.2) is 8.42 Å². The summed E-state index contributed by atoms with van der Waals surface area (Å²) in [6.07, 6.45) is 1.05. The van der Waals surface area contributed by atoms with E-state index in [-0.39, 0.29) is 23.4 Å². The molecule has 0 radical (unpaired) electrons. The second-order valence-corrected chi connectivity index (χ2v) is 12.3. The molecule has 3 aromatic rings. The molecule has 3 aromatic carbocycles. The Labute approximate surface area is 247 Å². The second kappa shape index (κ2) is 14.0. The van der Waals surface area contributed by atoms with Gasteiger partial charge in [-0.15, -0.1) is 0 Å². The maximum Gasteiger partial charge on any atom is 0.264 e. The SMILES string of the molecule is CC[C@@H](C)NC(=O)[C@H](CC)N(Cc1ccc(Cl)c(Cl)c1)C(=O)CN(c1ccccc1)S(=O)(=O)c1ccc(C)cc1. The Hall–Kier alpha value is -3.07. The number of para-hydroxylation sites is 1. The second-order valence-electron chi connectivity index (χ2n) is 9.67. The molecule has 214 valence electrons. The molecule has 0 heterocycles. The molecular formula is C30H35Cl2N3O4S. The van der Waals surface area contributed by atoms with Crippen LogP contribution in [-0.2, 0) is 26.2 Å². The van der Waals surface area contributed by atoms with E-state index in [9.17, 15) is 18.0 Å². The van der Waals surface area contributed by atoms with Gasteiger partial charge in [0.05, 0.1) is 20.6 Å². The average molecular weight is 605 g/mol. The Balaban J connectivity index is 2.05. The van der Waals surface area contributed by atoms with Gasteiger partial charge >= 0.3 is 0 Å². The largest absolute Gasteiger partial charge is 0.352 e. The predicted molar refractivity (Wildman–Crippen MR) is 161 cm³/mol. The fraction of sp³-hybridized carbons (Fsp3) is 0.333. The molecule has 10 heteroatoms. The topological polar surface area (TPSA) is 86.8 Å². The minimum absolute atomic E-state index is 0.0371. The summed E-state index contributed by atoms with van der Waals surface area (Å²) in [5, 5.41) is 3.64. The van der Waals surface area contributed by atoms with Crippen molar-refractivity contribution in [3.8, 4) is 0 Å². The van der Waals surface area contributed by atoms with Crippen LogP contribution in [0, 0.1) is 6.92 Å². The maximum atomic E-state index is 14.1. The molecule has 0 aliphatic carbocycles. The fourth-order valence-corrected chi connectivity index (χ4v) is 5.89. The van der Waals surface area contributed by atoms with Crippen molar-refractivity contribution in [2.75, 3.05) is 10.8 Å². The number of hydrogen-bond donors (Lipinski definition) is 1. The number of carbonyl (C=O) groups excluding carboxylic acids is 2. The monoisotopic (exact) mass is 603 g/mol. The molecule has 0 aliphatic rings. The zero-order chi connectivity index (χ0) is 29.4. The number of nitrogens with one attached hydrogen (secondary N) is 1. The van der Waals surface area contributed by atoms with Crippen LogP contribution in [0.1, 0.15) is 44.7 Å². The van der Waals surface area contributed by atoms with Gasteiger partial charge in [-0.1, -0.05) is 79.0 Å². The van der Waals surface area contributed by atoms with E-state index in [4.69, 9.17) is 23.2 Å². The average Bonchev–Trinajstić information content (AvgIpc) is 2.93. The third-order valence-electron chi connectivity index (χ3n) is 6.66. The zero-order valence-electron chi connectivity index (χ0n) is 23.1. The van der Waals surface area contributed by atoms with Crippen molar-refractivity contribution >= 4 is 50.7 Å². The van der Waals surface area contributed by atoms with Gasteiger partial charge < -0.3 is 10.2 Å². The van der Waals surface area contributed by atoms with Crippen molar-refractivity contribution in [3.63, 3.8) is 0 Å². The molecule has 7 nitrogen and oxygen atoms in total. The van der Waals surface area contributed by atoms with Crippen molar-refractivity contribution in [1.82, 2.24) is 10.2 Å². The smallest absolute Gasteiger partial charge is 0.264 e. The minimum atomic E-state index is -4.11. The first kappa shape index (κ1) is 31.5. The summed E-state index contributed by atoms with van der Waals surface area (Å²) in [7, 11) is -4.11. The van der Waals surface area contributed by atoms with Crippen LogP contribution in [0.2, 0.25) is 10.0 Å². The molecule has 0 unspecified atom stereocenters. The lowest BCUT2D eigenvalue weighted by Crippen LogP contribution is -2.53. The van der Waals surface area contributed by atoms with Crippen molar-refractivity contribution in [2.24, 2.45) is 0 Å². The van der Waals surface area contributed by atoms with Crippen molar-refractivity contribution < 1.29 is 18.0 Å². The molecule has 0 saturated carbocycles. The molecule has 0 fully saturated rings. The van der Waals surface area contributed by atoms with Gasteiger partial charge in [0, 0.05) is 12.6 Å². The van der Waals surface area contributed by atoms with Crippen LogP contribution in [0.5, 0.6) is 0 Å². The number of sulfonamides is 1. The van der Waals surface area contributed by atoms with E-state index in [1.54, 1.807) is 60.7 Å². The first-order valence-corrected chi connectivity index (χ1v) is 15.4. The lowest BCUT2D eigenvalue weighted by atomic mass is 10.1. The van der Waals surface area contributed by atoms with E-state index in [0.717, 1.165) is 16.3 Å². The van der Waals surface area contributed by atoms with Gasteiger partial charge in [0.25, 0.3) is 10.0 Å². The summed E-state index contributed by atoms with van der Waals surface area (Å²) in [6, 6.07) is 19.0. The van der Waals surface area contributed by atoms with Crippen LogP contribution in [0.3, 0.4) is 0 Å². The van der Waals surface area contributed by atoms with E-state index in [0.29, 0.717) is 27.7 Å². The molecule has 0 aromatic heterocycles. The fourth-order valence-electron chi connectivity index (χ4n) is 4.16. The van der Waals surface area contributed by atoms with Crippen LogP contribution in [0.4, 0.5) is 5.69 Å². The summed E-state index contributed by atoms with van der Waals surface area (Å²) in [5.74, 6) is -0.838. The van der Waals surface area contributed by atoms with Gasteiger partial charge in [-0.05, 0) is 68.7 Å². The number of anilines is 1. The molecule has 2 atom stereocenters. The first-order valence-electron chi connectivity index (χ1n) is 13.2. The molecule has 0 bridgehead atoms. The van der Waals surface area contributed by atoms with Crippen LogP contribution in [0.15, 0.2) is 77.7 Å². The highest BCUT2D eigenvalue weighted by Gasteiger charge is 2.34.